The van der Waals surface area contributed by atoms with Gasteiger partial charge in [0.15, 0.2) is 0 Å². The first-order valence-corrected chi connectivity index (χ1v) is 10.9. The Morgan fingerprint density at radius 1 is 0.897 bits per heavy atom. The molecular weight excluding hydrogens is 397 g/mol. The molecule has 2 aromatic rings. The number of hydroxylamine groups is 2. The van der Waals surface area contributed by atoms with Crippen LogP contribution in [0, 0.1) is 5.92 Å². The molecule has 0 heterocycles. The van der Waals surface area contributed by atoms with Gasteiger partial charge < -0.3 is 4.55 Å². The molecule has 2 unspecified atom stereocenters. The number of rotatable bonds is 7. The van der Waals surface area contributed by atoms with E-state index in [1.165, 1.54) is 17.7 Å². The number of benzene rings is 2. The zero-order valence-corrected chi connectivity index (χ0v) is 21.2. The minimum atomic E-state index is -4.45. The van der Waals surface area contributed by atoms with E-state index in [9.17, 15) is 13.0 Å². The van der Waals surface area contributed by atoms with Gasteiger partial charge in [0.05, 0.1) is 10.9 Å². The number of hydrogen-bond donors (Lipinski definition) is 0. The second-order valence-corrected chi connectivity index (χ2v) is 9.75. The van der Waals surface area contributed by atoms with Crippen molar-refractivity contribution in [1.29, 1.82) is 0 Å². The second kappa shape index (κ2) is 10.5. The summed E-state index contributed by atoms with van der Waals surface area (Å²) in [5.74, 6) is 0.307. The van der Waals surface area contributed by atoms with E-state index in [0.29, 0.717) is 5.92 Å². The van der Waals surface area contributed by atoms with Gasteiger partial charge in [0.2, 0.25) is 0 Å². The molecule has 0 fully saturated rings. The van der Waals surface area contributed by atoms with Crippen LogP contribution in [0.25, 0.3) is 0 Å². The minimum absolute atomic E-state index is 0. The third-order valence-electron chi connectivity index (χ3n) is 4.60. The molecule has 0 aliphatic rings. The molecule has 0 aliphatic heterocycles. The number of hydrogen-bond acceptors (Lipinski definition) is 5. The van der Waals surface area contributed by atoms with Crippen LogP contribution in [0.15, 0.2) is 59.5 Å². The van der Waals surface area contributed by atoms with Gasteiger partial charge in [-0.05, 0) is 56.9 Å². The van der Waals surface area contributed by atoms with Crippen LogP contribution in [0.3, 0.4) is 0 Å². The van der Waals surface area contributed by atoms with E-state index >= 15 is 0 Å². The molecule has 0 N–H and O–H groups in total. The Hall–Kier alpha value is -0.730. The molecule has 29 heavy (non-hydrogen) atoms. The first kappa shape index (κ1) is 26.3. The van der Waals surface area contributed by atoms with Crippen LogP contribution in [-0.4, -0.2) is 23.6 Å². The van der Waals surface area contributed by atoms with Gasteiger partial charge >= 0.3 is 29.6 Å². The molecule has 7 heteroatoms. The summed E-state index contributed by atoms with van der Waals surface area (Å²) in [7, 11) is -4.45. The predicted molar refractivity (Wildman–Crippen MR) is 110 cm³/mol. The summed E-state index contributed by atoms with van der Waals surface area (Å²) in [6.45, 7) is 12.6. The van der Waals surface area contributed by atoms with E-state index in [1.54, 1.807) is 12.1 Å². The summed E-state index contributed by atoms with van der Waals surface area (Å²) < 4.78 is 33.4. The average Bonchev–Trinajstić information content (AvgIpc) is 2.60. The smallest absolute Gasteiger partial charge is 0.744 e. The Labute approximate surface area is 197 Å². The molecule has 0 saturated heterocycles. The third kappa shape index (κ3) is 7.17. The molecule has 0 bridgehead atoms. The van der Waals surface area contributed by atoms with Gasteiger partial charge in [-0.15, -0.1) is 0 Å². The molecule has 2 rings (SSSR count). The average molecular weight is 428 g/mol. The minimum Gasteiger partial charge on any atom is -0.744 e. The van der Waals surface area contributed by atoms with Crippen LogP contribution in [0.4, 0.5) is 0 Å². The SMILES string of the molecule is CC(ON(C(c1ccccc1)C(C)C)C(C)(C)C)c1ccc(S(=O)(=O)[O-])cc1.[Na+]. The van der Waals surface area contributed by atoms with Gasteiger partial charge in [0.1, 0.15) is 16.2 Å². The van der Waals surface area contributed by atoms with Crippen molar-refractivity contribution in [3.8, 4) is 0 Å². The molecule has 0 saturated carbocycles. The van der Waals surface area contributed by atoms with Crippen LogP contribution < -0.4 is 29.6 Å². The van der Waals surface area contributed by atoms with Crippen molar-refractivity contribution < 1.29 is 47.4 Å². The Balaban J connectivity index is 0.00000420. The zero-order valence-electron chi connectivity index (χ0n) is 18.4. The van der Waals surface area contributed by atoms with Crippen molar-refractivity contribution in [2.45, 2.75) is 64.1 Å². The van der Waals surface area contributed by atoms with Crippen LogP contribution >= 0.6 is 0 Å². The molecule has 0 aromatic heterocycles. The van der Waals surface area contributed by atoms with Gasteiger partial charge in [-0.3, -0.25) is 4.84 Å². The molecule has 0 radical (unpaired) electrons. The van der Waals surface area contributed by atoms with E-state index in [0.717, 1.165) is 5.56 Å². The Morgan fingerprint density at radius 2 is 1.41 bits per heavy atom. The largest absolute Gasteiger partial charge is 1.00 e. The quantitative estimate of drug-likeness (QED) is 0.384. The summed E-state index contributed by atoms with van der Waals surface area (Å²) in [6.07, 6.45) is -0.312. The molecule has 0 aliphatic carbocycles. The zero-order chi connectivity index (χ0) is 21.1. The number of nitrogens with zero attached hydrogens (tertiary/aromatic N) is 1. The molecular formula is C22H30NNaO4S. The molecule has 2 aromatic carbocycles. The first-order chi connectivity index (χ1) is 12.9. The Morgan fingerprint density at radius 3 is 1.83 bits per heavy atom. The molecule has 5 nitrogen and oxygen atoms in total. The van der Waals surface area contributed by atoms with Gasteiger partial charge in [-0.2, -0.15) is 5.06 Å². The summed E-state index contributed by atoms with van der Waals surface area (Å²) in [5, 5.41) is 2.02. The van der Waals surface area contributed by atoms with Crippen molar-refractivity contribution in [3.63, 3.8) is 0 Å². The van der Waals surface area contributed by atoms with Crippen LogP contribution in [0.5, 0.6) is 0 Å². The Kier molecular flexibility index (Phi) is 9.55. The van der Waals surface area contributed by atoms with Gasteiger partial charge in [0, 0.05) is 5.54 Å². The topological polar surface area (TPSA) is 69.7 Å². The molecule has 2 atom stereocenters. The third-order valence-corrected chi connectivity index (χ3v) is 5.45. The van der Waals surface area contributed by atoms with E-state index in [4.69, 9.17) is 4.84 Å². The van der Waals surface area contributed by atoms with Crippen molar-refractivity contribution in [1.82, 2.24) is 5.06 Å². The molecule has 0 amide bonds. The van der Waals surface area contributed by atoms with E-state index in [-0.39, 0.29) is 52.1 Å². The van der Waals surface area contributed by atoms with E-state index in [1.807, 2.05) is 30.2 Å². The van der Waals surface area contributed by atoms with Crippen molar-refractivity contribution in [3.05, 3.63) is 65.7 Å². The van der Waals surface area contributed by atoms with Crippen molar-refractivity contribution >= 4 is 10.1 Å². The fourth-order valence-electron chi connectivity index (χ4n) is 3.22. The predicted octanol–water partition coefficient (Wildman–Crippen LogP) is 2.09. The van der Waals surface area contributed by atoms with Gasteiger partial charge in [0.25, 0.3) is 0 Å². The maximum Gasteiger partial charge on any atom is 1.00 e. The van der Waals surface area contributed by atoms with Crippen molar-refractivity contribution in [2.75, 3.05) is 0 Å². The summed E-state index contributed by atoms with van der Waals surface area (Å²) in [6, 6.07) is 16.2. The summed E-state index contributed by atoms with van der Waals surface area (Å²) in [5.41, 5.74) is 1.71. The van der Waals surface area contributed by atoms with Crippen LogP contribution in [0.1, 0.15) is 64.8 Å². The fraction of sp³-hybridized carbons (Fsp3) is 0.455. The van der Waals surface area contributed by atoms with E-state index in [2.05, 4.69) is 46.8 Å². The monoisotopic (exact) mass is 427 g/mol. The standard InChI is InChI=1S/C22H31NO4S.Na/c1-16(2)21(19-10-8-7-9-11-19)23(22(4,5)6)27-17(3)18-12-14-20(15-13-18)28(24,25)26;/h7-17,21H,1-6H3,(H,24,25,26);/q;+1/p-1. The van der Waals surface area contributed by atoms with Crippen LogP contribution in [0.2, 0.25) is 0 Å². The fourth-order valence-corrected chi connectivity index (χ4v) is 3.69. The van der Waals surface area contributed by atoms with Gasteiger partial charge in [-0.25, -0.2) is 8.42 Å². The first-order valence-electron chi connectivity index (χ1n) is 9.48. The Bertz CT molecular complexity index is 862. The summed E-state index contributed by atoms with van der Waals surface area (Å²) in [4.78, 5) is 6.17. The van der Waals surface area contributed by atoms with E-state index < -0.39 is 10.1 Å². The normalized spacial score (nSPS) is 14.5. The summed E-state index contributed by atoms with van der Waals surface area (Å²) >= 11 is 0. The maximum absolute atomic E-state index is 11.1. The molecule has 0 spiro atoms. The van der Waals surface area contributed by atoms with Gasteiger partial charge in [-0.1, -0.05) is 56.3 Å². The van der Waals surface area contributed by atoms with Crippen molar-refractivity contribution in [2.24, 2.45) is 5.92 Å². The second-order valence-electron chi connectivity index (χ2n) is 8.37. The molecule has 154 valence electrons. The van der Waals surface area contributed by atoms with Crippen LogP contribution in [-0.2, 0) is 15.0 Å². The maximum atomic E-state index is 11.1.